The van der Waals surface area contributed by atoms with E-state index >= 15 is 0 Å². The van der Waals surface area contributed by atoms with E-state index in [9.17, 15) is 13.2 Å². The summed E-state index contributed by atoms with van der Waals surface area (Å²) in [5.41, 5.74) is 1.85. The minimum absolute atomic E-state index is 0.0527. The Balaban J connectivity index is 1.83. The van der Waals surface area contributed by atoms with Gasteiger partial charge in [-0.3, -0.25) is 9.10 Å². The molecule has 168 valence electrons. The Morgan fingerprint density at radius 1 is 1.16 bits per heavy atom. The fraction of sp³-hybridized carbons (Fsp3) is 0.435. The lowest BCUT2D eigenvalue weighted by molar-refractivity contribution is -0.122. The van der Waals surface area contributed by atoms with E-state index in [0.717, 1.165) is 11.8 Å². The van der Waals surface area contributed by atoms with E-state index in [1.165, 1.54) is 4.31 Å². The Morgan fingerprint density at radius 2 is 1.81 bits per heavy atom. The van der Waals surface area contributed by atoms with Crippen molar-refractivity contribution in [2.75, 3.05) is 22.4 Å². The summed E-state index contributed by atoms with van der Waals surface area (Å²) in [6.07, 6.45) is 0.208. The van der Waals surface area contributed by atoms with Gasteiger partial charge in [-0.15, -0.1) is 0 Å². The van der Waals surface area contributed by atoms with Crippen molar-refractivity contribution in [2.24, 2.45) is 0 Å². The van der Waals surface area contributed by atoms with Crippen molar-refractivity contribution in [1.82, 2.24) is 0 Å². The first kappa shape index (κ1) is 22.9. The minimum Gasteiger partial charge on any atom is -0.491 e. The summed E-state index contributed by atoms with van der Waals surface area (Å²) < 4.78 is 37.7. The highest BCUT2D eigenvalue weighted by atomic mass is 32.2. The van der Waals surface area contributed by atoms with Crippen LogP contribution in [-0.4, -0.2) is 39.3 Å². The first-order valence-corrected chi connectivity index (χ1v) is 12.1. The van der Waals surface area contributed by atoms with Crippen LogP contribution in [0.5, 0.6) is 11.5 Å². The van der Waals surface area contributed by atoms with Crippen LogP contribution in [0, 0.1) is 0 Å². The van der Waals surface area contributed by atoms with Gasteiger partial charge in [-0.25, -0.2) is 8.42 Å². The molecule has 1 aliphatic heterocycles. The molecule has 1 N–H and O–H groups in total. The maximum Gasteiger partial charge on any atom is 0.267 e. The number of rotatable bonds is 5. The molecule has 0 aliphatic carbocycles. The summed E-state index contributed by atoms with van der Waals surface area (Å²) >= 11 is 0. The Bertz CT molecular complexity index is 1060. The van der Waals surface area contributed by atoms with Crippen molar-refractivity contribution in [3.05, 3.63) is 48.0 Å². The summed E-state index contributed by atoms with van der Waals surface area (Å²) in [7, 11) is -3.60. The Morgan fingerprint density at radius 3 is 2.35 bits per heavy atom. The van der Waals surface area contributed by atoms with Crippen molar-refractivity contribution in [2.45, 2.75) is 52.2 Å². The van der Waals surface area contributed by atoms with Crippen molar-refractivity contribution >= 4 is 27.3 Å². The van der Waals surface area contributed by atoms with Gasteiger partial charge in [0.15, 0.2) is 6.10 Å². The lowest BCUT2D eigenvalue weighted by atomic mass is 9.86. The van der Waals surface area contributed by atoms with Gasteiger partial charge >= 0.3 is 0 Å². The molecule has 2 aromatic rings. The number of amides is 1. The molecular weight excluding hydrogens is 416 g/mol. The van der Waals surface area contributed by atoms with Crippen LogP contribution in [0.15, 0.2) is 42.5 Å². The van der Waals surface area contributed by atoms with E-state index in [-0.39, 0.29) is 18.1 Å². The number of sulfonamides is 1. The summed E-state index contributed by atoms with van der Waals surface area (Å²) in [5, 5.41) is 2.79. The fourth-order valence-electron chi connectivity index (χ4n) is 3.28. The van der Waals surface area contributed by atoms with Crippen LogP contribution in [0.1, 0.15) is 40.2 Å². The summed E-state index contributed by atoms with van der Waals surface area (Å²) in [6, 6.07) is 12.4. The van der Waals surface area contributed by atoms with Crippen molar-refractivity contribution in [1.29, 1.82) is 0 Å². The number of nitrogens with zero attached hydrogens (tertiary/aromatic N) is 1. The zero-order valence-corrected chi connectivity index (χ0v) is 19.6. The number of hydrogen-bond acceptors (Lipinski definition) is 5. The molecule has 2 aromatic carbocycles. The quantitative estimate of drug-likeness (QED) is 0.752. The van der Waals surface area contributed by atoms with E-state index in [4.69, 9.17) is 9.47 Å². The summed E-state index contributed by atoms with van der Waals surface area (Å²) in [4.78, 5) is 12.8. The second kappa shape index (κ2) is 8.42. The van der Waals surface area contributed by atoms with Crippen molar-refractivity contribution in [3.8, 4) is 11.5 Å². The molecule has 0 radical (unpaired) electrons. The van der Waals surface area contributed by atoms with E-state index in [1.807, 2.05) is 26.0 Å². The molecule has 7 nitrogen and oxygen atoms in total. The number of nitrogens with one attached hydrogen (secondary N) is 1. The zero-order valence-electron chi connectivity index (χ0n) is 18.8. The normalized spacial score (nSPS) is 16.5. The highest BCUT2D eigenvalue weighted by molar-refractivity contribution is 7.92. The van der Waals surface area contributed by atoms with Gasteiger partial charge in [0.2, 0.25) is 10.0 Å². The Labute approximate surface area is 184 Å². The first-order valence-electron chi connectivity index (χ1n) is 10.2. The second-order valence-corrected chi connectivity index (χ2v) is 10.9. The zero-order chi connectivity index (χ0) is 23.0. The average Bonchev–Trinajstić information content (AvgIpc) is 2.66. The monoisotopic (exact) mass is 446 g/mol. The molecule has 31 heavy (non-hydrogen) atoms. The standard InChI is InChI=1S/C23H30N2O5S/c1-15(2)29-18-10-8-17(9-11-18)24-22(26)21-14-25(31(6,27)28)19-13-16(23(3,4)5)7-12-20(19)30-21/h7-13,15,21H,14H2,1-6H3,(H,24,26)/t21-/m1/s1. The van der Waals surface area contributed by atoms with Gasteiger partial charge in [-0.05, 0) is 61.2 Å². The second-order valence-electron chi connectivity index (χ2n) is 9.01. The van der Waals surface area contributed by atoms with E-state index < -0.39 is 22.0 Å². The van der Waals surface area contributed by atoms with E-state index in [1.54, 1.807) is 30.3 Å². The third-order valence-corrected chi connectivity index (χ3v) is 6.03. The molecule has 1 amide bonds. The largest absolute Gasteiger partial charge is 0.491 e. The minimum atomic E-state index is -3.60. The number of fused-ring (bicyclic) bond motifs is 1. The third kappa shape index (κ3) is 5.50. The van der Waals surface area contributed by atoms with Crippen LogP contribution in [0.3, 0.4) is 0 Å². The maximum absolute atomic E-state index is 12.8. The topological polar surface area (TPSA) is 84.9 Å². The first-order chi connectivity index (χ1) is 14.3. The lowest BCUT2D eigenvalue weighted by Gasteiger charge is -2.35. The average molecular weight is 447 g/mol. The molecule has 1 heterocycles. The fourth-order valence-corrected chi connectivity index (χ4v) is 4.19. The third-order valence-electron chi connectivity index (χ3n) is 4.88. The van der Waals surface area contributed by atoms with Crippen LogP contribution in [0.2, 0.25) is 0 Å². The maximum atomic E-state index is 12.8. The number of anilines is 2. The Hall–Kier alpha value is -2.74. The van der Waals surface area contributed by atoms with Gasteiger partial charge < -0.3 is 14.8 Å². The smallest absolute Gasteiger partial charge is 0.267 e. The lowest BCUT2D eigenvalue weighted by Crippen LogP contribution is -2.48. The molecule has 8 heteroatoms. The van der Waals surface area contributed by atoms with Gasteiger partial charge in [0, 0.05) is 5.69 Å². The molecule has 0 saturated carbocycles. The molecule has 3 rings (SSSR count). The molecule has 0 spiro atoms. The van der Waals surface area contributed by atoms with Crippen LogP contribution in [-0.2, 0) is 20.2 Å². The molecule has 0 unspecified atom stereocenters. The van der Waals surface area contributed by atoms with Gasteiger partial charge in [-0.1, -0.05) is 26.8 Å². The van der Waals surface area contributed by atoms with E-state index in [2.05, 4.69) is 26.1 Å². The van der Waals surface area contributed by atoms with Gasteiger partial charge in [0.05, 0.1) is 24.6 Å². The van der Waals surface area contributed by atoms with Gasteiger partial charge in [0.1, 0.15) is 11.5 Å². The SMILES string of the molecule is CC(C)Oc1ccc(NC(=O)[C@H]2CN(S(C)(=O)=O)c3cc(C(C)(C)C)ccc3O2)cc1. The molecule has 1 atom stereocenters. The molecule has 1 aliphatic rings. The van der Waals surface area contributed by atoms with Crippen molar-refractivity contribution in [3.63, 3.8) is 0 Å². The number of benzene rings is 2. The van der Waals surface area contributed by atoms with Crippen LogP contribution in [0.4, 0.5) is 11.4 Å². The predicted octanol–water partition coefficient (Wildman–Crippen LogP) is 3.94. The molecule has 0 aromatic heterocycles. The van der Waals surface area contributed by atoms with E-state index in [0.29, 0.717) is 22.9 Å². The number of carbonyl (C=O) groups is 1. The molecular formula is C23H30N2O5S. The molecule has 0 fully saturated rings. The summed E-state index contributed by atoms with van der Waals surface area (Å²) in [5.74, 6) is 0.649. The predicted molar refractivity (Wildman–Crippen MR) is 123 cm³/mol. The van der Waals surface area contributed by atoms with Crippen LogP contribution >= 0.6 is 0 Å². The van der Waals surface area contributed by atoms with Gasteiger partial charge in [0.25, 0.3) is 5.91 Å². The molecule has 0 saturated heterocycles. The number of hydrogen-bond donors (Lipinski definition) is 1. The molecule has 0 bridgehead atoms. The number of ether oxygens (including phenoxy) is 2. The Kier molecular flexibility index (Phi) is 6.23. The van der Waals surface area contributed by atoms with Crippen LogP contribution in [0.25, 0.3) is 0 Å². The number of carbonyl (C=O) groups excluding carboxylic acids is 1. The highest BCUT2D eigenvalue weighted by Crippen LogP contribution is 2.38. The highest BCUT2D eigenvalue weighted by Gasteiger charge is 2.36. The van der Waals surface area contributed by atoms with Crippen molar-refractivity contribution < 1.29 is 22.7 Å². The van der Waals surface area contributed by atoms with Crippen LogP contribution < -0.4 is 19.1 Å². The van der Waals surface area contributed by atoms with Gasteiger partial charge in [-0.2, -0.15) is 0 Å². The summed E-state index contributed by atoms with van der Waals surface area (Å²) in [6.45, 7) is 9.93.